The van der Waals surface area contributed by atoms with Gasteiger partial charge in [-0.05, 0) is 12.8 Å². The van der Waals surface area contributed by atoms with Crippen molar-refractivity contribution < 1.29 is 10.1 Å². The average molecular weight is 178 g/mol. The van der Waals surface area contributed by atoms with Crippen molar-refractivity contribution in [2.24, 2.45) is 0 Å². The van der Waals surface area contributed by atoms with Gasteiger partial charge in [0.1, 0.15) is 0 Å². The summed E-state index contributed by atoms with van der Waals surface area (Å²) >= 11 is 0. The molecule has 1 saturated carbocycles. The molecule has 2 unspecified atom stereocenters. The van der Waals surface area contributed by atoms with Crippen LogP contribution in [0.1, 0.15) is 37.3 Å². The van der Waals surface area contributed by atoms with Gasteiger partial charge in [0.2, 0.25) is 0 Å². The summed E-state index contributed by atoms with van der Waals surface area (Å²) in [6.45, 7) is 0. The van der Waals surface area contributed by atoms with Gasteiger partial charge in [-0.1, -0.05) is 18.9 Å². The molecule has 13 heavy (non-hydrogen) atoms. The number of aliphatic hydroxyl groups excluding tert-OH is 1. The van der Waals surface area contributed by atoms with Crippen LogP contribution in [0.3, 0.4) is 0 Å². The Hall–Kier alpha value is -0.890. The first-order chi connectivity index (χ1) is 6.38. The molecule has 2 N–H and O–H groups in total. The molecular formula is C11H16NO+. The molecule has 1 heterocycles. The SMILES string of the molecule is OC1CCCCC1c1cccc[nH+]1. The number of pyridine rings is 1. The summed E-state index contributed by atoms with van der Waals surface area (Å²) in [6, 6.07) is 6.06. The molecule has 1 aromatic heterocycles. The van der Waals surface area contributed by atoms with Crippen molar-refractivity contribution >= 4 is 0 Å². The minimum atomic E-state index is -0.146. The van der Waals surface area contributed by atoms with E-state index in [1.165, 1.54) is 18.5 Å². The highest BCUT2D eigenvalue weighted by molar-refractivity contribution is 5.06. The van der Waals surface area contributed by atoms with Gasteiger partial charge in [-0.2, -0.15) is 0 Å². The molecule has 2 atom stereocenters. The minimum Gasteiger partial charge on any atom is -0.392 e. The molecule has 1 aliphatic carbocycles. The zero-order valence-corrected chi connectivity index (χ0v) is 7.74. The Morgan fingerprint density at radius 3 is 2.77 bits per heavy atom. The third-order valence-corrected chi connectivity index (χ3v) is 2.86. The first-order valence-corrected chi connectivity index (χ1v) is 5.02. The second-order valence-electron chi connectivity index (χ2n) is 3.78. The molecule has 1 aliphatic rings. The van der Waals surface area contributed by atoms with E-state index in [4.69, 9.17) is 0 Å². The number of rotatable bonds is 1. The summed E-state index contributed by atoms with van der Waals surface area (Å²) < 4.78 is 0. The Labute approximate surface area is 78.6 Å². The van der Waals surface area contributed by atoms with Crippen LogP contribution in [0.5, 0.6) is 0 Å². The minimum absolute atomic E-state index is 0.146. The maximum atomic E-state index is 9.80. The molecular weight excluding hydrogens is 162 g/mol. The number of H-pyrrole nitrogens is 1. The molecule has 0 aromatic carbocycles. The van der Waals surface area contributed by atoms with Crippen molar-refractivity contribution in [3.8, 4) is 0 Å². The quantitative estimate of drug-likeness (QED) is 0.695. The molecule has 0 radical (unpaired) electrons. The van der Waals surface area contributed by atoms with Crippen LogP contribution in [0.25, 0.3) is 0 Å². The van der Waals surface area contributed by atoms with Crippen molar-refractivity contribution in [2.75, 3.05) is 0 Å². The van der Waals surface area contributed by atoms with Crippen molar-refractivity contribution in [1.82, 2.24) is 0 Å². The third-order valence-electron chi connectivity index (χ3n) is 2.86. The number of nitrogens with one attached hydrogen (secondary N) is 1. The molecule has 70 valence electrons. The second-order valence-corrected chi connectivity index (χ2v) is 3.78. The lowest BCUT2D eigenvalue weighted by Gasteiger charge is -2.24. The predicted molar refractivity (Wildman–Crippen MR) is 50.2 cm³/mol. The third kappa shape index (κ3) is 1.89. The molecule has 0 amide bonds. The summed E-state index contributed by atoms with van der Waals surface area (Å²) in [4.78, 5) is 3.21. The van der Waals surface area contributed by atoms with Gasteiger partial charge < -0.3 is 5.11 Å². The van der Waals surface area contributed by atoms with Crippen LogP contribution in [0, 0.1) is 0 Å². The lowest BCUT2D eigenvalue weighted by atomic mass is 9.84. The van der Waals surface area contributed by atoms with Crippen LogP contribution in [0.2, 0.25) is 0 Å². The van der Waals surface area contributed by atoms with Crippen LogP contribution in [0.4, 0.5) is 0 Å². The lowest BCUT2D eigenvalue weighted by molar-refractivity contribution is -0.395. The number of aromatic amines is 1. The van der Waals surface area contributed by atoms with Gasteiger partial charge in [0.15, 0.2) is 11.9 Å². The van der Waals surface area contributed by atoms with Gasteiger partial charge in [-0.15, -0.1) is 0 Å². The van der Waals surface area contributed by atoms with Crippen molar-refractivity contribution in [3.63, 3.8) is 0 Å². The van der Waals surface area contributed by atoms with Crippen LogP contribution in [-0.2, 0) is 0 Å². The Morgan fingerprint density at radius 2 is 2.08 bits per heavy atom. The summed E-state index contributed by atoms with van der Waals surface area (Å²) in [5.74, 6) is 0.329. The Morgan fingerprint density at radius 1 is 1.23 bits per heavy atom. The Balaban J connectivity index is 2.15. The first-order valence-electron chi connectivity index (χ1n) is 5.02. The highest BCUT2D eigenvalue weighted by Gasteiger charge is 2.28. The summed E-state index contributed by atoms with van der Waals surface area (Å²) in [5, 5.41) is 9.80. The van der Waals surface area contributed by atoms with E-state index in [2.05, 4.69) is 11.1 Å². The topological polar surface area (TPSA) is 34.4 Å². The maximum absolute atomic E-state index is 9.80. The van der Waals surface area contributed by atoms with Gasteiger partial charge in [-0.3, -0.25) is 0 Å². The largest absolute Gasteiger partial charge is 0.392 e. The van der Waals surface area contributed by atoms with Crippen LogP contribution in [-0.4, -0.2) is 11.2 Å². The van der Waals surface area contributed by atoms with Gasteiger partial charge in [0.05, 0.1) is 12.0 Å². The van der Waals surface area contributed by atoms with Crippen LogP contribution in [0.15, 0.2) is 24.4 Å². The predicted octanol–water partition coefficient (Wildman–Crippen LogP) is 1.52. The zero-order chi connectivity index (χ0) is 9.10. The van der Waals surface area contributed by atoms with E-state index in [0.29, 0.717) is 5.92 Å². The fourth-order valence-corrected chi connectivity index (χ4v) is 2.11. The molecule has 2 nitrogen and oxygen atoms in total. The lowest BCUT2D eigenvalue weighted by Crippen LogP contribution is -2.27. The molecule has 0 aliphatic heterocycles. The van der Waals surface area contributed by atoms with E-state index in [-0.39, 0.29) is 6.10 Å². The summed E-state index contributed by atoms with van der Waals surface area (Å²) in [5.41, 5.74) is 1.18. The van der Waals surface area contributed by atoms with Gasteiger partial charge in [0, 0.05) is 12.1 Å². The Kier molecular flexibility index (Phi) is 2.60. The van der Waals surface area contributed by atoms with Crippen molar-refractivity contribution in [1.29, 1.82) is 0 Å². The average Bonchev–Trinajstić information content (AvgIpc) is 2.20. The van der Waals surface area contributed by atoms with E-state index in [1.54, 1.807) is 0 Å². The van der Waals surface area contributed by atoms with Gasteiger partial charge in [-0.25, -0.2) is 4.98 Å². The van der Waals surface area contributed by atoms with E-state index >= 15 is 0 Å². The molecule has 1 aromatic rings. The summed E-state index contributed by atoms with van der Waals surface area (Å²) in [7, 11) is 0. The number of hydrogen-bond acceptors (Lipinski definition) is 1. The van der Waals surface area contributed by atoms with E-state index in [1.807, 2.05) is 18.3 Å². The van der Waals surface area contributed by atoms with Crippen LogP contribution >= 0.6 is 0 Å². The number of hydrogen-bond donors (Lipinski definition) is 1. The highest BCUT2D eigenvalue weighted by atomic mass is 16.3. The van der Waals surface area contributed by atoms with Crippen molar-refractivity contribution in [2.45, 2.75) is 37.7 Å². The second kappa shape index (κ2) is 3.88. The van der Waals surface area contributed by atoms with Crippen LogP contribution < -0.4 is 4.98 Å². The first kappa shape index (κ1) is 8.70. The fourth-order valence-electron chi connectivity index (χ4n) is 2.11. The molecule has 2 rings (SSSR count). The molecule has 0 saturated heterocycles. The highest BCUT2D eigenvalue weighted by Crippen LogP contribution is 2.30. The summed E-state index contributed by atoms with van der Waals surface area (Å²) in [6.07, 6.45) is 6.26. The van der Waals surface area contributed by atoms with E-state index in [0.717, 1.165) is 12.8 Å². The fraction of sp³-hybridized carbons (Fsp3) is 0.545. The Bertz CT molecular complexity index is 260. The molecule has 2 heteroatoms. The number of aliphatic hydroxyl groups is 1. The van der Waals surface area contributed by atoms with E-state index < -0.39 is 0 Å². The molecule has 0 bridgehead atoms. The van der Waals surface area contributed by atoms with Crippen molar-refractivity contribution in [3.05, 3.63) is 30.1 Å². The monoisotopic (exact) mass is 178 g/mol. The number of aromatic nitrogens is 1. The van der Waals surface area contributed by atoms with Gasteiger partial charge >= 0.3 is 0 Å². The van der Waals surface area contributed by atoms with Gasteiger partial charge in [0.25, 0.3) is 0 Å². The maximum Gasteiger partial charge on any atom is 0.185 e. The zero-order valence-electron chi connectivity index (χ0n) is 7.74. The standard InChI is InChI=1S/C11H15NO/c13-11-7-2-1-5-9(11)10-6-3-4-8-12-10/h3-4,6,8-9,11,13H,1-2,5,7H2/p+1. The molecule has 1 fully saturated rings. The smallest absolute Gasteiger partial charge is 0.185 e. The van der Waals surface area contributed by atoms with E-state index in [9.17, 15) is 5.11 Å². The molecule has 0 spiro atoms. The normalized spacial score (nSPS) is 28.7.